The molecule has 2 heterocycles. The number of hydrogen-bond donors (Lipinski definition) is 0. The Labute approximate surface area is 308 Å². The van der Waals surface area contributed by atoms with E-state index in [4.69, 9.17) is 4.42 Å². The molecule has 0 saturated heterocycles. The molecular formula is C50H36N2O. The molecule has 10 rings (SSSR count). The van der Waals surface area contributed by atoms with Crippen LogP contribution in [0.15, 0.2) is 186 Å². The van der Waals surface area contributed by atoms with Crippen molar-refractivity contribution >= 4 is 60.8 Å². The Morgan fingerprint density at radius 1 is 0.453 bits per heavy atom. The largest absolute Gasteiger partial charge is 0.455 e. The van der Waals surface area contributed by atoms with Gasteiger partial charge in [-0.3, -0.25) is 0 Å². The smallest absolute Gasteiger partial charge is 0.143 e. The van der Waals surface area contributed by atoms with Gasteiger partial charge in [0.05, 0.1) is 16.7 Å². The number of para-hydroxylation sites is 4. The average molecular weight is 681 g/mol. The molecule has 0 radical (unpaired) electrons. The normalized spacial score (nSPS) is 11.6. The van der Waals surface area contributed by atoms with Crippen molar-refractivity contribution in [2.75, 3.05) is 4.90 Å². The highest BCUT2D eigenvalue weighted by molar-refractivity contribution is 6.13. The molecule has 0 amide bonds. The van der Waals surface area contributed by atoms with E-state index in [0.29, 0.717) is 0 Å². The van der Waals surface area contributed by atoms with E-state index in [1.54, 1.807) is 0 Å². The van der Waals surface area contributed by atoms with Gasteiger partial charge in [-0.25, -0.2) is 0 Å². The zero-order valence-corrected chi connectivity index (χ0v) is 29.6. The lowest BCUT2D eigenvalue weighted by Gasteiger charge is -2.28. The predicted octanol–water partition coefficient (Wildman–Crippen LogP) is 14.1. The molecular weight excluding hydrogens is 645 g/mol. The van der Waals surface area contributed by atoms with Crippen molar-refractivity contribution in [2.24, 2.45) is 0 Å². The van der Waals surface area contributed by atoms with Crippen molar-refractivity contribution in [2.45, 2.75) is 13.8 Å². The lowest BCUT2D eigenvalue weighted by molar-refractivity contribution is 0.670. The first-order chi connectivity index (χ1) is 26.1. The Kier molecular flexibility index (Phi) is 7.26. The molecule has 3 nitrogen and oxygen atoms in total. The van der Waals surface area contributed by atoms with Gasteiger partial charge in [-0.1, -0.05) is 121 Å². The summed E-state index contributed by atoms with van der Waals surface area (Å²) in [6, 6.07) is 65.4. The third-order valence-corrected chi connectivity index (χ3v) is 10.5. The Morgan fingerprint density at radius 2 is 1.13 bits per heavy atom. The molecule has 0 unspecified atom stereocenters. The Hall–Kier alpha value is -6.84. The van der Waals surface area contributed by atoms with Gasteiger partial charge in [0.25, 0.3) is 0 Å². The molecule has 53 heavy (non-hydrogen) atoms. The van der Waals surface area contributed by atoms with Crippen molar-refractivity contribution in [1.29, 1.82) is 0 Å². The van der Waals surface area contributed by atoms with Crippen LogP contribution in [-0.2, 0) is 0 Å². The molecule has 0 N–H and O–H groups in total. The zero-order valence-electron chi connectivity index (χ0n) is 29.6. The van der Waals surface area contributed by atoms with E-state index >= 15 is 0 Å². The molecule has 2 aromatic heterocycles. The molecule has 0 aliphatic heterocycles. The fourth-order valence-electron chi connectivity index (χ4n) is 8.13. The van der Waals surface area contributed by atoms with E-state index in [1.807, 2.05) is 6.07 Å². The van der Waals surface area contributed by atoms with Crippen LogP contribution < -0.4 is 4.90 Å². The minimum Gasteiger partial charge on any atom is -0.455 e. The maximum atomic E-state index is 6.81. The minimum atomic E-state index is 0.876. The summed E-state index contributed by atoms with van der Waals surface area (Å²) in [5, 5.41) is 4.66. The minimum absolute atomic E-state index is 0.876. The second-order valence-electron chi connectivity index (χ2n) is 13.9. The molecule has 0 atom stereocenters. The van der Waals surface area contributed by atoms with Gasteiger partial charge in [0.15, 0.2) is 0 Å². The third-order valence-electron chi connectivity index (χ3n) is 10.5. The summed E-state index contributed by atoms with van der Waals surface area (Å²) in [6.45, 7) is 4.38. The first kappa shape index (κ1) is 30.9. The van der Waals surface area contributed by atoms with E-state index < -0.39 is 0 Å². The summed E-state index contributed by atoms with van der Waals surface area (Å²) < 4.78 is 9.22. The number of aryl methyl sites for hydroxylation is 2. The summed E-state index contributed by atoms with van der Waals surface area (Å²) in [5.74, 6) is 0. The molecule has 0 aliphatic carbocycles. The van der Waals surface area contributed by atoms with Crippen LogP contribution in [0.4, 0.5) is 17.1 Å². The summed E-state index contributed by atoms with van der Waals surface area (Å²) in [5.41, 5.74) is 15.5. The van der Waals surface area contributed by atoms with Gasteiger partial charge in [-0.15, -0.1) is 0 Å². The fraction of sp³-hybridized carbons (Fsp3) is 0.0400. The van der Waals surface area contributed by atoms with Crippen molar-refractivity contribution in [3.63, 3.8) is 0 Å². The molecule has 10 aromatic rings. The quantitative estimate of drug-likeness (QED) is 0.174. The molecule has 0 saturated carbocycles. The standard InChI is InChI=1S/C50H36N2O/c1-33-15-14-18-37(29-33)51(45-28-27-36(30-34(45)2)35-16-4-3-5-17-35)38-31-43(50-44(32-38)42-22-9-13-26-49(42)53-50)41-21-8-12-25-48(41)52-46-23-10-6-19-39(46)40-20-7-11-24-47(40)52/h3-32H,1-2H3. The number of fused-ring (bicyclic) bond motifs is 6. The lowest BCUT2D eigenvalue weighted by atomic mass is 9.97. The maximum absolute atomic E-state index is 6.81. The first-order valence-electron chi connectivity index (χ1n) is 18.2. The van der Waals surface area contributed by atoms with E-state index in [-0.39, 0.29) is 0 Å². The second-order valence-corrected chi connectivity index (χ2v) is 13.9. The van der Waals surface area contributed by atoms with Crippen molar-refractivity contribution in [3.8, 4) is 27.9 Å². The van der Waals surface area contributed by atoms with Gasteiger partial charge < -0.3 is 13.9 Å². The number of nitrogens with zero attached hydrogens (tertiary/aromatic N) is 2. The van der Waals surface area contributed by atoms with Gasteiger partial charge in [0, 0.05) is 49.7 Å². The first-order valence-corrected chi connectivity index (χ1v) is 18.2. The highest BCUT2D eigenvalue weighted by Gasteiger charge is 2.23. The molecule has 252 valence electrons. The summed E-state index contributed by atoms with van der Waals surface area (Å²) in [7, 11) is 0. The van der Waals surface area contributed by atoms with E-state index in [0.717, 1.165) is 55.8 Å². The molecule has 3 heteroatoms. The number of benzene rings is 8. The summed E-state index contributed by atoms with van der Waals surface area (Å²) in [4.78, 5) is 2.41. The summed E-state index contributed by atoms with van der Waals surface area (Å²) >= 11 is 0. The van der Waals surface area contributed by atoms with Crippen LogP contribution in [0.3, 0.4) is 0 Å². The molecule has 0 aliphatic rings. The molecule has 0 fully saturated rings. The molecule has 0 spiro atoms. The van der Waals surface area contributed by atoms with Gasteiger partial charge in [-0.05, 0) is 96.8 Å². The lowest BCUT2D eigenvalue weighted by Crippen LogP contribution is -2.12. The van der Waals surface area contributed by atoms with Crippen molar-refractivity contribution in [1.82, 2.24) is 4.57 Å². The van der Waals surface area contributed by atoms with Crippen LogP contribution in [0, 0.1) is 13.8 Å². The molecule has 8 aromatic carbocycles. The Balaban J connectivity index is 1.27. The number of hydrogen-bond acceptors (Lipinski definition) is 2. The molecule has 0 bridgehead atoms. The number of aromatic nitrogens is 1. The van der Waals surface area contributed by atoms with Crippen LogP contribution in [0.5, 0.6) is 0 Å². The zero-order chi connectivity index (χ0) is 35.5. The number of anilines is 3. The van der Waals surface area contributed by atoms with Gasteiger partial charge in [0.2, 0.25) is 0 Å². The number of rotatable bonds is 6. The SMILES string of the molecule is Cc1cccc(N(c2cc(-c3ccccc3-n3c4ccccc4c4ccccc43)c3oc4ccccc4c3c2)c2ccc(-c3ccccc3)cc2C)c1. The Bertz CT molecular complexity index is 2930. The maximum Gasteiger partial charge on any atom is 0.143 e. The fourth-order valence-corrected chi connectivity index (χ4v) is 8.13. The van der Waals surface area contributed by atoms with Gasteiger partial charge in [-0.2, -0.15) is 0 Å². The number of furan rings is 1. The van der Waals surface area contributed by atoms with Crippen LogP contribution in [0.2, 0.25) is 0 Å². The van der Waals surface area contributed by atoms with E-state index in [1.165, 1.54) is 44.1 Å². The van der Waals surface area contributed by atoms with Crippen molar-refractivity contribution in [3.05, 3.63) is 193 Å². The van der Waals surface area contributed by atoms with Crippen LogP contribution in [0.25, 0.3) is 71.7 Å². The highest BCUT2D eigenvalue weighted by Crippen LogP contribution is 2.46. The highest BCUT2D eigenvalue weighted by atomic mass is 16.3. The average Bonchev–Trinajstić information content (AvgIpc) is 3.75. The predicted molar refractivity (Wildman–Crippen MR) is 223 cm³/mol. The second kappa shape index (κ2) is 12.4. The Morgan fingerprint density at radius 3 is 1.89 bits per heavy atom. The van der Waals surface area contributed by atoms with Gasteiger partial charge in [0.1, 0.15) is 11.2 Å². The van der Waals surface area contributed by atoms with E-state index in [2.05, 4.69) is 199 Å². The third kappa shape index (κ3) is 5.12. The van der Waals surface area contributed by atoms with Gasteiger partial charge >= 0.3 is 0 Å². The topological polar surface area (TPSA) is 21.3 Å². The van der Waals surface area contributed by atoms with Crippen LogP contribution in [0.1, 0.15) is 11.1 Å². The van der Waals surface area contributed by atoms with Crippen LogP contribution in [-0.4, -0.2) is 4.57 Å². The van der Waals surface area contributed by atoms with Crippen molar-refractivity contribution < 1.29 is 4.42 Å². The summed E-state index contributed by atoms with van der Waals surface area (Å²) in [6.07, 6.45) is 0. The van der Waals surface area contributed by atoms with E-state index in [9.17, 15) is 0 Å². The van der Waals surface area contributed by atoms with Crippen LogP contribution >= 0.6 is 0 Å². The monoisotopic (exact) mass is 680 g/mol.